The van der Waals surface area contributed by atoms with Crippen LogP contribution in [0.15, 0.2) is 52.9 Å². The first kappa shape index (κ1) is 12.2. The topological polar surface area (TPSA) is 67.5 Å². The van der Waals surface area contributed by atoms with Gasteiger partial charge in [-0.1, -0.05) is 30.3 Å². The van der Waals surface area contributed by atoms with Gasteiger partial charge in [-0.25, -0.2) is 4.79 Å². The Labute approximate surface area is 114 Å². The monoisotopic (exact) mass is 266 g/mol. The fourth-order valence-corrected chi connectivity index (χ4v) is 2.27. The number of fused-ring (bicyclic) bond motifs is 1. The van der Waals surface area contributed by atoms with Gasteiger partial charge in [-0.15, -0.1) is 0 Å². The molecule has 0 unspecified atom stereocenters. The van der Waals surface area contributed by atoms with E-state index in [-0.39, 0.29) is 11.3 Å². The molecule has 0 atom stereocenters. The van der Waals surface area contributed by atoms with Crippen LogP contribution in [0.5, 0.6) is 0 Å². The van der Waals surface area contributed by atoms with Crippen molar-refractivity contribution in [3.8, 4) is 11.3 Å². The summed E-state index contributed by atoms with van der Waals surface area (Å²) >= 11 is 0. The predicted molar refractivity (Wildman–Crippen MR) is 74.0 cm³/mol. The lowest BCUT2D eigenvalue weighted by atomic mass is 9.97. The predicted octanol–water partition coefficient (Wildman–Crippen LogP) is 3.61. The molecule has 1 N–H and O–H groups in total. The zero-order valence-electron chi connectivity index (χ0n) is 10.4. The minimum absolute atomic E-state index is 0.171. The van der Waals surface area contributed by atoms with Crippen LogP contribution in [0.2, 0.25) is 0 Å². The molecule has 20 heavy (non-hydrogen) atoms. The van der Waals surface area contributed by atoms with Crippen LogP contribution >= 0.6 is 0 Å². The molecule has 0 radical (unpaired) electrons. The van der Waals surface area contributed by atoms with Crippen LogP contribution in [0, 0.1) is 0 Å². The molecule has 3 rings (SSSR count). The quantitative estimate of drug-likeness (QED) is 0.735. The average molecular weight is 266 g/mol. The molecule has 98 valence electrons. The largest absolute Gasteiger partial charge is 0.478 e. The van der Waals surface area contributed by atoms with Gasteiger partial charge in [-0.3, -0.25) is 4.79 Å². The lowest BCUT2D eigenvalue weighted by molar-refractivity contribution is 0.0699. The molecule has 0 aliphatic rings. The molecule has 4 nitrogen and oxygen atoms in total. The molecule has 0 fully saturated rings. The van der Waals surface area contributed by atoms with Gasteiger partial charge in [0.05, 0.1) is 5.56 Å². The smallest absolute Gasteiger partial charge is 0.337 e. The fourth-order valence-electron chi connectivity index (χ4n) is 2.27. The van der Waals surface area contributed by atoms with Crippen molar-refractivity contribution in [2.24, 2.45) is 0 Å². The third kappa shape index (κ3) is 1.87. The van der Waals surface area contributed by atoms with Gasteiger partial charge in [0.1, 0.15) is 5.76 Å². The number of aromatic carboxylic acids is 1. The second-order valence-electron chi connectivity index (χ2n) is 4.33. The molecule has 2 aromatic carbocycles. The fraction of sp³-hybridized carbons (Fsp3) is 0. The Kier molecular flexibility index (Phi) is 2.84. The molecule has 0 bridgehead atoms. The third-order valence-electron chi connectivity index (χ3n) is 3.15. The second kappa shape index (κ2) is 4.66. The van der Waals surface area contributed by atoms with Crippen LogP contribution in [0.25, 0.3) is 22.1 Å². The minimum atomic E-state index is -1.03. The summed E-state index contributed by atoms with van der Waals surface area (Å²) in [5.74, 6) is -0.486. The average Bonchev–Trinajstić information content (AvgIpc) is 2.94. The first-order chi connectivity index (χ1) is 9.70. The Morgan fingerprint density at radius 2 is 1.85 bits per heavy atom. The van der Waals surface area contributed by atoms with E-state index in [2.05, 4.69) is 0 Å². The first-order valence-corrected chi connectivity index (χ1v) is 6.01. The van der Waals surface area contributed by atoms with E-state index < -0.39 is 5.97 Å². The molecule has 0 aliphatic heterocycles. The van der Waals surface area contributed by atoms with Gasteiger partial charge in [-0.05, 0) is 29.0 Å². The van der Waals surface area contributed by atoms with Crippen molar-refractivity contribution in [2.45, 2.75) is 0 Å². The van der Waals surface area contributed by atoms with Crippen molar-refractivity contribution in [2.75, 3.05) is 0 Å². The second-order valence-corrected chi connectivity index (χ2v) is 4.33. The van der Waals surface area contributed by atoms with Gasteiger partial charge >= 0.3 is 5.97 Å². The number of rotatable bonds is 3. The normalized spacial score (nSPS) is 10.6. The molecule has 3 aromatic rings. The number of hydrogen-bond acceptors (Lipinski definition) is 3. The molecular weight excluding hydrogens is 256 g/mol. The number of hydrogen-bond donors (Lipinski definition) is 1. The van der Waals surface area contributed by atoms with Crippen LogP contribution in [0.4, 0.5) is 0 Å². The zero-order chi connectivity index (χ0) is 14.1. The number of carbonyl (C=O) groups is 2. The number of aldehydes is 1. The highest BCUT2D eigenvalue weighted by Gasteiger charge is 2.17. The summed E-state index contributed by atoms with van der Waals surface area (Å²) in [7, 11) is 0. The Morgan fingerprint density at radius 1 is 1.05 bits per heavy atom. The summed E-state index contributed by atoms with van der Waals surface area (Å²) in [6.07, 6.45) is 0.588. The highest BCUT2D eigenvalue weighted by atomic mass is 16.4. The van der Waals surface area contributed by atoms with E-state index >= 15 is 0 Å². The third-order valence-corrected chi connectivity index (χ3v) is 3.15. The van der Waals surface area contributed by atoms with Crippen molar-refractivity contribution in [3.05, 3.63) is 59.9 Å². The molecular formula is C16H10O4. The molecule has 0 saturated carbocycles. The number of benzene rings is 2. The van der Waals surface area contributed by atoms with Gasteiger partial charge in [0, 0.05) is 5.56 Å². The number of furan rings is 1. The molecule has 0 saturated heterocycles. The van der Waals surface area contributed by atoms with E-state index in [1.54, 1.807) is 24.3 Å². The van der Waals surface area contributed by atoms with Crippen molar-refractivity contribution in [1.82, 2.24) is 0 Å². The highest BCUT2D eigenvalue weighted by Crippen LogP contribution is 2.31. The summed E-state index contributed by atoms with van der Waals surface area (Å²) in [6, 6.07) is 13.9. The lowest BCUT2D eigenvalue weighted by Crippen LogP contribution is -2.00. The van der Waals surface area contributed by atoms with Crippen molar-refractivity contribution in [1.29, 1.82) is 0 Å². The molecule has 1 heterocycles. The van der Waals surface area contributed by atoms with Crippen LogP contribution in [-0.4, -0.2) is 17.4 Å². The van der Waals surface area contributed by atoms with E-state index in [0.29, 0.717) is 23.0 Å². The maximum absolute atomic E-state index is 11.6. The molecule has 0 spiro atoms. The van der Waals surface area contributed by atoms with Gasteiger partial charge in [0.2, 0.25) is 0 Å². The van der Waals surface area contributed by atoms with Crippen LogP contribution < -0.4 is 0 Å². The van der Waals surface area contributed by atoms with Crippen LogP contribution in [0.3, 0.4) is 0 Å². The minimum Gasteiger partial charge on any atom is -0.478 e. The van der Waals surface area contributed by atoms with E-state index in [0.717, 1.165) is 5.39 Å². The van der Waals surface area contributed by atoms with Crippen LogP contribution in [0.1, 0.15) is 20.9 Å². The van der Waals surface area contributed by atoms with Crippen molar-refractivity contribution in [3.63, 3.8) is 0 Å². The lowest BCUT2D eigenvalue weighted by Gasteiger charge is -2.07. The first-order valence-electron chi connectivity index (χ1n) is 6.01. The Hall–Kier alpha value is -2.88. The van der Waals surface area contributed by atoms with Gasteiger partial charge in [-0.2, -0.15) is 0 Å². The van der Waals surface area contributed by atoms with E-state index in [4.69, 9.17) is 4.42 Å². The maximum Gasteiger partial charge on any atom is 0.337 e. The van der Waals surface area contributed by atoms with Gasteiger partial charge < -0.3 is 9.52 Å². The standard InChI is InChI=1S/C16H10O4/c17-9-11-6-8-14(20-11)13-7-5-10-3-1-2-4-12(10)15(13)16(18)19/h1-9H,(H,18,19). The number of carboxylic acids is 1. The van der Waals surface area contributed by atoms with E-state index in [1.165, 1.54) is 6.07 Å². The molecule has 1 aromatic heterocycles. The zero-order valence-corrected chi connectivity index (χ0v) is 10.4. The van der Waals surface area contributed by atoms with Gasteiger partial charge in [0.15, 0.2) is 12.0 Å². The number of carboxylic acid groups (broad SMARTS) is 1. The summed E-state index contributed by atoms with van der Waals surface area (Å²) in [5.41, 5.74) is 0.638. The van der Waals surface area contributed by atoms with Crippen molar-refractivity contribution < 1.29 is 19.1 Å². The SMILES string of the molecule is O=Cc1ccc(-c2ccc3ccccc3c2C(=O)O)o1. The summed E-state index contributed by atoms with van der Waals surface area (Å²) in [4.78, 5) is 22.2. The Balaban J connectivity index is 2.32. The van der Waals surface area contributed by atoms with Crippen LogP contribution in [-0.2, 0) is 0 Å². The molecule has 4 heteroatoms. The molecule has 0 amide bonds. The summed E-state index contributed by atoms with van der Waals surface area (Å²) in [6.45, 7) is 0. The Bertz CT molecular complexity index is 814. The van der Waals surface area contributed by atoms with Gasteiger partial charge in [0.25, 0.3) is 0 Å². The summed E-state index contributed by atoms with van der Waals surface area (Å²) in [5, 5.41) is 11.0. The highest BCUT2D eigenvalue weighted by molar-refractivity contribution is 6.09. The Morgan fingerprint density at radius 3 is 2.55 bits per heavy atom. The summed E-state index contributed by atoms with van der Waals surface area (Å²) < 4.78 is 5.33. The molecule has 0 aliphatic carbocycles. The van der Waals surface area contributed by atoms with Crippen molar-refractivity contribution >= 4 is 23.0 Å². The number of carbonyl (C=O) groups excluding carboxylic acids is 1. The van der Waals surface area contributed by atoms with E-state index in [1.807, 2.05) is 18.2 Å². The van der Waals surface area contributed by atoms with E-state index in [9.17, 15) is 14.7 Å². The maximum atomic E-state index is 11.6.